The van der Waals surface area contributed by atoms with E-state index in [-0.39, 0.29) is 0 Å². The molecule has 1 aromatic rings. The third kappa shape index (κ3) is 1.23. The van der Waals surface area contributed by atoms with Gasteiger partial charge in [0.05, 0.1) is 19.5 Å². The molecule has 1 heterocycles. The second-order valence-electron chi connectivity index (χ2n) is 1.57. The van der Waals surface area contributed by atoms with E-state index in [1.165, 1.54) is 19.5 Å². The molecule has 1 rings (SSSR count). The SMILES string of the molecule is [C]#Cc1cnc(OC)cn1. The second-order valence-corrected chi connectivity index (χ2v) is 1.57. The zero-order chi connectivity index (χ0) is 7.40. The zero-order valence-corrected chi connectivity index (χ0v) is 5.46. The highest BCUT2D eigenvalue weighted by Gasteiger charge is 1.91. The van der Waals surface area contributed by atoms with Crippen molar-refractivity contribution in [1.82, 2.24) is 9.97 Å². The first-order valence-electron chi connectivity index (χ1n) is 2.65. The molecule has 0 amide bonds. The Kier molecular flexibility index (Phi) is 1.86. The summed E-state index contributed by atoms with van der Waals surface area (Å²) in [5.74, 6) is 2.54. The van der Waals surface area contributed by atoms with Crippen molar-refractivity contribution in [3.05, 3.63) is 24.5 Å². The van der Waals surface area contributed by atoms with Crippen molar-refractivity contribution >= 4 is 0 Å². The predicted molar refractivity (Wildman–Crippen MR) is 34.8 cm³/mol. The molecule has 3 nitrogen and oxygen atoms in total. The molecule has 49 valence electrons. The van der Waals surface area contributed by atoms with E-state index in [9.17, 15) is 0 Å². The van der Waals surface area contributed by atoms with Gasteiger partial charge in [0.25, 0.3) is 0 Å². The molecule has 0 spiro atoms. The van der Waals surface area contributed by atoms with Crippen LogP contribution < -0.4 is 4.74 Å². The molecule has 10 heavy (non-hydrogen) atoms. The standard InChI is InChI=1S/C7H5N2O/c1-3-6-4-9-7(10-2)5-8-6/h4-5H,2H3. The average Bonchev–Trinajstić information content (AvgIpc) is 2.05. The van der Waals surface area contributed by atoms with Gasteiger partial charge in [0, 0.05) is 0 Å². The zero-order valence-electron chi connectivity index (χ0n) is 5.46. The van der Waals surface area contributed by atoms with Crippen molar-refractivity contribution in [1.29, 1.82) is 0 Å². The fraction of sp³-hybridized carbons (Fsp3) is 0.143. The molecule has 3 heteroatoms. The minimum atomic E-state index is 0.404. The number of hydrogen-bond donors (Lipinski definition) is 0. The second kappa shape index (κ2) is 2.83. The minimum Gasteiger partial charge on any atom is -0.480 e. The Balaban J connectivity index is 2.93. The van der Waals surface area contributed by atoms with Crippen LogP contribution in [0.25, 0.3) is 0 Å². The van der Waals surface area contributed by atoms with Crippen molar-refractivity contribution in [3.63, 3.8) is 0 Å². The molecule has 0 fully saturated rings. The minimum absolute atomic E-state index is 0.404. The van der Waals surface area contributed by atoms with Gasteiger partial charge in [-0.25, -0.2) is 9.97 Å². The highest BCUT2D eigenvalue weighted by molar-refractivity contribution is 5.19. The summed E-state index contributed by atoms with van der Waals surface area (Å²) in [6, 6.07) is 0. The number of nitrogens with zero attached hydrogens (tertiary/aromatic N) is 2. The third-order valence-corrected chi connectivity index (χ3v) is 0.965. The van der Waals surface area contributed by atoms with Crippen LogP contribution in [0.15, 0.2) is 12.4 Å². The number of hydrogen-bond acceptors (Lipinski definition) is 3. The molecular weight excluding hydrogens is 128 g/mol. The van der Waals surface area contributed by atoms with Crippen molar-refractivity contribution in [2.45, 2.75) is 0 Å². The van der Waals surface area contributed by atoms with Crippen LogP contribution in [0.1, 0.15) is 5.69 Å². The van der Waals surface area contributed by atoms with E-state index in [1.54, 1.807) is 0 Å². The first kappa shape index (κ1) is 6.56. The van der Waals surface area contributed by atoms with Gasteiger partial charge in [-0.05, 0) is 12.3 Å². The summed E-state index contributed by atoms with van der Waals surface area (Å²) < 4.78 is 4.75. The first-order valence-corrected chi connectivity index (χ1v) is 2.65. The van der Waals surface area contributed by atoms with E-state index >= 15 is 0 Å². The fourth-order valence-electron chi connectivity index (χ4n) is 0.486. The van der Waals surface area contributed by atoms with E-state index in [0.717, 1.165) is 0 Å². The topological polar surface area (TPSA) is 35.0 Å². The van der Waals surface area contributed by atoms with Crippen molar-refractivity contribution in [2.24, 2.45) is 0 Å². The van der Waals surface area contributed by atoms with E-state index in [4.69, 9.17) is 11.2 Å². The summed E-state index contributed by atoms with van der Waals surface area (Å²) in [6.07, 6.45) is 9.54. The quantitative estimate of drug-likeness (QED) is 0.521. The summed E-state index contributed by atoms with van der Waals surface area (Å²) in [4.78, 5) is 7.58. The van der Waals surface area contributed by atoms with E-state index in [2.05, 4.69) is 15.9 Å². The number of rotatable bonds is 1. The van der Waals surface area contributed by atoms with E-state index in [1.807, 2.05) is 0 Å². The lowest BCUT2D eigenvalue weighted by molar-refractivity contribution is 0.395. The van der Waals surface area contributed by atoms with Gasteiger partial charge in [-0.3, -0.25) is 0 Å². The van der Waals surface area contributed by atoms with Crippen LogP contribution in [0.5, 0.6) is 5.88 Å². The molecule has 1 radical (unpaired) electrons. The lowest BCUT2D eigenvalue weighted by atomic mass is 10.5. The fourth-order valence-corrected chi connectivity index (χ4v) is 0.486. The van der Waals surface area contributed by atoms with Crippen LogP contribution in [-0.4, -0.2) is 17.1 Å². The smallest absolute Gasteiger partial charge is 0.232 e. The normalized spacial score (nSPS) is 8.40. The number of methoxy groups -OCH3 is 1. The molecule has 0 saturated heterocycles. The number of aromatic nitrogens is 2. The lowest BCUT2D eigenvalue weighted by Crippen LogP contribution is -1.89. The predicted octanol–water partition coefficient (Wildman–Crippen LogP) is 0.423. The van der Waals surface area contributed by atoms with Gasteiger partial charge in [0.2, 0.25) is 5.88 Å². The van der Waals surface area contributed by atoms with E-state index < -0.39 is 0 Å². The van der Waals surface area contributed by atoms with Gasteiger partial charge in [-0.2, -0.15) is 0 Å². The van der Waals surface area contributed by atoms with Gasteiger partial charge in [-0.1, -0.05) is 0 Å². The monoisotopic (exact) mass is 133 g/mol. The van der Waals surface area contributed by atoms with E-state index in [0.29, 0.717) is 11.6 Å². The van der Waals surface area contributed by atoms with Crippen molar-refractivity contribution in [2.75, 3.05) is 7.11 Å². The van der Waals surface area contributed by atoms with Gasteiger partial charge in [-0.15, -0.1) is 0 Å². The number of ether oxygens (including phenoxy) is 1. The summed E-state index contributed by atoms with van der Waals surface area (Å²) in [7, 11) is 1.51. The average molecular weight is 133 g/mol. The Bertz CT molecular complexity index is 247. The molecule has 0 saturated carbocycles. The highest BCUT2D eigenvalue weighted by Crippen LogP contribution is 2.00. The maximum atomic E-state index is 6.68. The Morgan fingerprint density at radius 2 is 2.30 bits per heavy atom. The Morgan fingerprint density at radius 1 is 1.50 bits per heavy atom. The molecule has 0 N–H and O–H groups in total. The summed E-state index contributed by atoms with van der Waals surface area (Å²) in [5, 5.41) is 0. The Labute approximate surface area is 59.1 Å². The molecule has 1 aromatic heterocycles. The largest absolute Gasteiger partial charge is 0.480 e. The van der Waals surface area contributed by atoms with Gasteiger partial charge < -0.3 is 4.74 Å². The Morgan fingerprint density at radius 3 is 2.70 bits per heavy atom. The maximum absolute atomic E-state index is 6.68. The Hall–Kier alpha value is -1.56. The van der Waals surface area contributed by atoms with Gasteiger partial charge >= 0.3 is 0 Å². The molecule has 0 atom stereocenters. The maximum Gasteiger partial charge on any atom is 0.232 e. The van der Waals surface area contributed by atoms with Crippen LogP contribution in [0.2, 0.25) is 0 Å². The van der Waals surface area contributed by atoms with Crippen LogP contribution in [0.4, 0.5) is 0 Å². The summed E-state index contributed by atoms with van der Waals surface area (Å²) in [6.45, 7) is 0. The van der Waals surface area contributed by atoms with Crippen LogP contribution in [0, 0.1) is 12.3 Å². The summed E-state index contributed by atoms with van der Waals surface area (Å²) >= 11 is 0. The molecular formula is C7H5N2O. The van der Waals surface area contributed by atoms with Crippen molar-refractivity contribution < 1.29 is 4.74 Å². The molecule has 0 unspecified atom stereocenters. The van der Waals surface area contributed by atoms with Gasteiger partial charge in [0.15, 0.2) is 0 Å². The first-order chi connectivity index (χ1) is 4.86. The summed E-state index contributed by atoms with van der Waals surface area (Å²) in [5.41, 5.74) is 0.404. The molecule has 0 aliphatic heterocycles. The molecule has 0 aliphatic carbocycles. The van der Waals surface area contributed by atoms with Gasteiger partial charge in [0.1, 0.15) is 5.69 Å². The molecule has 0 aromatic carbocycles. The van der Waals surface area contributed by atoms with Crippen LogP contribution in [0.3, 0.4) is 0 Å². The van der Waals surface area contributed by atoms with Crippen LogP contribution >= 0.6 is 0 Å². The molecule has 0 aliphatic rings. The van der Waals surface area contributed by atoms with Crippen LogP contribution in [-0.2, 0) is 0 Å². The highest BCUT2D eigenvalue weighted by atomic mass is 16.5. The lowest BCUT2D eigenvalue weighted by Gasteiger charge is -1.94. The van der Waals surface area contributed by atoms with Crippen molar-refractivity contribution in [3.8, 4) is 11.8 Å². The third-order valence-electron chi connectivity index (χ3n) is 0.965. The molecule has 0 bridgehead atoms.